The smallest absolute Gasteiger partial charge is 0.423 e. The van der Waals surface area contributed by atoms with Gasteiger partial charge in [0.2, 0.25) is 0 Å². The fourth-order valence-electron chi connectivity index (χ4n) is 1.32. The van der Waals surface area contributed by atoms with Crippen LogP contribution in [0.5, 0.6) is 0 Å². The number of hydrogen-bond donors (Lipinski definition) is 3. The summed E-state index contributed by atoms with van der Waals surface area (Å²) in [5, 5.41) is 18.9. The van der Waals surface area contributed by atoms with Crippen LogP contribution in [0.3, 0.4) is 0 Å². The van der Waals surface area contributed by atoms with E-state index in [0.29, 0.717) is 5.46 Å². The van der Waals surface area contributed by atoms with E-state index in [1.54, 1.807) is 18.3 Å². The van der Waals surface area contributed by atoms with Crippen LogP contribution in [0.4, 0.5) is 0 Å². The average molecular weight is 161 g/mol. The average Bonchev–Trinajstić information content (AvgIpc) is 2.49. The Morgan fingerprint density at radius 1 is 1.17 bits per heavy atom. The van der Waals surface area contributed by atoms with Crippen molar-refractivity contribution in [2.24, 2.45) is 0 Å². The summed E-state index contributed by atoms with van der Waals surface area (Å²) in [7, 11) is -1.41. The highest BCUT2D eigenvalue weighted by atomic mass is 16.4. The Morgan fingerprint density at radius 2 is 2.00 bits per heavy atom. The molecule has 1 aromatic carbocycles. The van der Waals surface area contributed by atoms with E-state index in [-0.39, 0.29) is 0 Å². The van der Waals surface area contributed by atoms with Crippen molar-refractivity contribution in [2.75, 3.05) is 0 Å². The second kappa shape index (κ2) is 2.66. The first-order chi connectivity index (χ1) is 5.79. The quantitative estimate of drug-likeness (QED) is 0.509. The number of nitrogens with one attached hydrogen (secondary N) is 1. The number of aromatic amines is 1. The van der Waals surface area contributed by atoms with Crippen LogP contribution in [0.2, 0.25) is 0 Å². The first-order valence-electron chi connectivity index (χ1n) is 3.71. The lowest BCUT2D eigenvalue weighted by atomic mass is 9.79. The van der Waals surface area contributed by atoms with Gasteiger partial charge in [0.15, 0.2) is 0 Å². The number of fused-ring (bicyclic) bond motifs is 1. The zero-order valence-corrected chi connectivity index (χ0v) is 6.36. The minimum Gasteiger partial charge on any atom is -0.423 e. The van der Waals surface area contributed by atoms with E-state index in [2.05, 4.69) is 4.98 Å². The molecule has 0 aliphatic carbocycles. The van der Waals surface area contributed by atoms with Gasteiger partial charge in [-0.05, 0) is 11.5 Å². The highest BCUT2D eigenvalue weighted by Gasteiger charge is 2.14. The van der Waals surface area contributed by atoms with Crippen molar-refractivity contribution in [1.29, 1.82) is 0 Å². The molecule has 1 heterocycles. The van der Waals surface area contributed by atoms with Crippen molar-refractivity contribution in [3.05, 3.63) is 30.5 Å². The van der Waals surface area contributed by atoms with Crippen LogP contribution in [0.1, 0.15) is 0 Å². The zero-order valence-electron chi connectivity index (χ0n) is 6.36. The van der Waals surface area contributed by atoms with Crippen molar-refractivity contribution in [2.45, 2.75) is 0 Å². The molecule has 0 fully saturated rings. The fraction of sp³-hybridized carbons (Fsp3) is 0. The van der Waals surface area contributed by atoms with Gasteiger partial charge in [-0.15, -0.1) is 0 Å². The molecular weight excluding hydrogens is 153 g/mol. The zero-order chi connectivity index (χ0) is 8.55. The molecule has 0 saturated heterocycles. The van der Waals surface area contributed by atoms with E-state index >= 15 is 0 Å². The van der Waals surface area contributed by atoms with Gasteiger partial charge in [-0.3, -0.25) is 0 Å². The maximum atomic E-state index is 8.98. The van der Waals surface area contributed by atoms with Crippen molar-refractivity contribution >= 4 is 23.5 Å². The highest BCUT2D eigenvalue weighted by molar-refractivity contribution is 6.61. The fourth-order valence-corrected chi connectivity index (χ4v) is 1.32. The number of benzene rings is 1. The molecule has 0 aliphatic heterocycles. The number of rotatable bonds is 1. The lowest BCUT2D eigenvalue weighted by Gasteiger charge is -1.99. The summed E-state index contributed by atoms with van der Waals surface area (Å²) in [5.74, 6) is 0. The van der Waals surface area contributed by atoms with Crippen LogP contribution in [0, 0.1) is 0 Å². The van der Waals surface area contributed by atoms with E-state index in [1.165, 1.54) is 0 Å². The van der Waals surface area contributed by atoms with Crippen molar-refractivity contribution < 1.29 is 10.0 Å². The van der Waals surface area contributed by atoms with E-state index < -0.39 is 7.12 Å². The van der Waals surface area contributed by atoms with Gasteiger partial charge in [-0.1, -0.05) is 18.2 Å². The van der Waals surface area contributed by atoms with E-state index in [0.717, 1.165) is 10.9 Å². The molecule has 0 saturated carbocycles. The number of H-pyrrole nitrogens is 1. The summed E-state index contributed by atoms with van der Waals surface area (Å²) in [4.78, 5) is 2.95. The van der Waals surface area contributed by atoms with Crippen LogP contribution < -0.4 is 5.46 Å². The molecular formula is C8H8BNO2. The third-order valence-electron chi connectivity index (χ3n) is 1.90. The molecule has 0 unspecified atom stereocenters. The van der Waals surface area contributed by atoms with Crippen molar-refractivity contribution in [3.63, 3.8) is 0 Å². The van der Waals surface area contributed by atoms with Gasteiger partial charge in [0, 0.05) is 17.2 Å². The Balaban J connectivity index is 2.73. The topological polar surface area (TPSA) is 56.2 Å². The van der Waals surface area contributed by atoms with Gasteiger partial charge >= 0.3 is 7.12 Å². The van der Waals surface area contributed by atoms with Crippen LogP contribution in [-0.4, -0.2) is 22.2 Å². The minimum atomic E-state index is -1.41. The molecule has 4 heteroatoms. The first-order valence-corrected chi connectivity index (χ1v) is 3.71. The van der Waals surface area contributed by atoms with E-state index in [9.17, 15) is 0 Å². The summed E-state index contributed by atoms with van der Waals surface area (Å²) in [6.45, 7) is 0. The molecule has 0 spiro atoms. The number of aromatic nitrogens is 1. The molecule has 3 N–H and O–H groups in total. The maximum Gasteiger partial charge on any atom is 0.490 e. The summed E-state index contributed by atoms with van der Waals surface area (Å²) in [6.07, 6.45) is 1.77. The Morgan fingerprint density at radius 3 is 2.75 bits per heavy atom. The van der Waals surface area contributed by atoms with Crippen LogP contribution in [0.25, 0.3) is 10.9 Å². The van der Waals surface area contributed by atoms with E-state index in [1.807, 2.05) is 12.1 Å². The first kappa shape index (κ1) is 7.40. The molecule has 0 radical (unpaired) electrons. The third kappa shape index (κ3) is 1.01. The second-order valence-electron chi connectivity index (χ2n) is 2.66. The van der Waals surface area contributed by atoms with Crippen molar-refractivity contribution in [3.8, 4) is 0 Å². The lowest BCUT2D eigenvalue weighted by Crippen LogP contribution is -2.30. The molecule has 0 amide bonds. The standard InChI is InChI=1S/C8H8BNO2/c11-9(12)7-3-1-2-6-4-5-10-8(6)7/h1-5,10-12H. The Labute approximate surface area is 69.8 Å². The molecule has 12 heavy (non-hydrogen) atoms. The number of para-hydroxylation sites is 1. The van der Waals surface area contributed by atoms with Gasteiger partial charge in [0.25, 0.3) is 0 Å². The molecule has 0 atom stereocenters. The largest absolute Gasteiger partial charge is 0.490 e. The summed E-state index contributed by atoms with van der Waals surface area (Å²) < 4.78 is 0. The molecule has 2 aromatic rings. The normalized spacial score (nSPS) is 10.5. The van der Waals surface area contributed by atoms with E-state index in [4.69, 9.17) is 10.0 Å². The summed E-state index contributed by atoms with van der Waals surface area (Å²) in [5.41, 5.74) is 1.30. The Kier molecular flexibility index (Phi) is 1.64. The summed E-state index contributed by atoms with van der Waals surface area (Å²) in [6, 6.07) is 7.29. The lowest BCUT2D eigenvalue weighted by molar-refractivity contribution is 0.426. The molecule has 0 aliphatic rings. The molecule has 60 valence electrons. The van der Waals surface area contributed by atoms with Crippen molar-refractivity contribution in [1.82, 2.24) is 4.98 Å². The second-order valence-corrected chi connectivity index (χ2v) is 2.66. The van der Waals surface area contributed by atoms with Crippen LogP contribution in [-0.2, 0) is 0 Å². The molecule has 3 nitrogen and oxygen atoms in total. The molecule has 1 aromatic heterocycles. The molecule has 0 bridgehead atoms. The van der Waals surface area contributed by atoms with Crippen LogP contribution >= 0.6 is 0 Å². The minimum absolute atomic E-state index is 0.512. The Hall–Kier alpha value is -1.26. The maximum absolute atomic E-state index is 8.98. The van der Waals surface area contributed by atoms with Gasteiger partial charge < -0.3 is 15.0 Å². The van der Waals surface area contributed by atoms with Gasteiger partial charge in [-0.2, -0.15) is 0 Å². The predicted octanol–water partition coefficient (Wildman–Crippen LogP) is -0.152. The van der Waals surface area contributed by atoms with Crippen LogP contribution in [0.15, 0.2) is 30.5 Å². The monoisotopic (exact) mass is 161 g/mol. The SMILES string of the molecule is OB(O)c1cccc2cc[nH]c12. The van der Waals surface area contributed by atoms with Gasteiger partial charge in [0.1, 0.15) is 0 Å². The van der Waals surface area contributed by atoms with Gasteiger partial charge in [-0.25, -0.2) is 0 Å². The highest BCUT2D eigenvalue weighted by Crippen LogP contribution is 2.08. The summed E-state index contributed by atoms with van der Waals surface area (Å²) >= 11 is 0. The number of hydrogen-bond acceptors (Lipinski definition) is 2. The van der Waals surface area contributed by atoms with Gasteiger partial charge in [0.05, 0.1) is 0 Å². The Bertz CT molecular complexity index is 397. The third-order valence-corrected chi connectivity index (χ3v) is 1.90. The predicted molar refractivity (Wildman–Crippen MR) is 48.1 cm³/mol. The molecule has 2 rings (SSSR count).